The van der Waals surface area contributed by atoms with Crippen molar-refractivity contribution >= 4 is 13.5 Å². The SMILES string of the molecule is C=CC(=O)NCCC[N+](C)(C)CCCP(=O)(O)O. The van der Waals surface area contributed by atoms with Crippen LogP contribution in [0.1, 0.15) is 12.8 Å². The van der Waals surface area contributed by atoms with Gasteiger partial charge in [-0.05, 0) is 6.08 Å². The van der Waals surface area contributed by atoms with Gasteiger partial charge in [0.2, 0.25) is 5.91 Å². The Morgan fingerprint density at radius 1 is 1.33 bits per heavy atom. The van der Waals surface area contributed by atoms with Gasteiger partial charge in [0.1, 0.15) is 0 Å². The van der Waals surface area contributed by atoms with Gasteiger partial charge in [-0.15, -0.1) is 0 Å². The van der Waals surface area contributed by atoms with Crippen LogP contribution >= 0.6 is 7.60 Å². The van der Waals surface area contributed by atoms with Crippen molar-refractivity contribution in [1.82, 2.24) is 5.32 Å². The summed E-state index contributed by atoms with van der Waals surface area (Å²) in [6.07, 6.45) is 2.49. The van der Waals surface area contributed by atoms with E-state index in [1.807, 2.05) is 14.1 Å². The summed E-state index contributed by atoms with van der Waals surface area (Å²) in [5.74, 6) is -0.179. The first kappa shape index (κ1) is 17.3. The van der Waals surface area contributed by atoms with Crippen molar-refractivity contribution in [3.05, 3.63) is 12.7 Å². The summed E-state index contributed by atoms with van der Waals surface area (Å²) in [5, 5.41) is 2.69. The van der Waals surface area contributed by atoms with Crippen molar-refractivity contribution < 1.29 is 23.6 Å². The molecule has 3 N–H and O–H groups in total. The zero-order valence-electron chi connectivity index (χ0n) is 11.1. The van der Waals surface area contributed by atoms with Crippen LogP contribution < -0.4 is 5.32 Å². The second-order valence-corrected chi connectivity index (χ2v) is 6.75. The van der Waals surface area contributed by atoms with Crippen LogP contribution in [0.15, 0.2) is 12.7 Å². The third kappa shape index (κ3) is 10.5. The molecule has 0 aromatic heterocycles. The van der Waals surface area contributed by atoms with Crippen LogP contribution in [-0.2, 0) is 9.36 Å². The number of hydrogen-bond donors (Lipinski definition) is 3. The van der Waals surface area contributed by atoms with E-state index in [1.165, 1.54) is 6.08 Å². The maximum atomic E-state index is 10.9. The van der Waals surface area contributed by atoms with E-state index in [-0.39, 0.29) is 12.1 Å². The number of nitrogens with zero attached hydrogens (tertiary/aromatic N) is 1. The molecule has 0 aliphatic rings. The Labute approximate surface area is 108 Å². The molecular formula is C11H24N2O4P+. The fourth-order valence-corrected chi connectivity index (χ4v) is 2.16. The standard InChI is InChI=1S/C11H23N2O4P/c1-4-11(14)12-7-5-8-13(2,3)9-6-10-18(15,16)17/h4H,1,5-10H2,2-3H3,(H2-,12,14,15,16,17)/p+1. The van der Waals surface area contributed by atoms with Crippen LogP contribution in [0.4, 0.5) is 0 Å². The van der Waals surface area contributed by atoms with Gasteiger partial charge in [0.15, 0.2) is 0 Å². The summed E-state index contributed by atoms with van der Waals surface area (Å²) in [4.78, 5) is 28.4. The van der Waals surface area contributed by atoms with Crippen LogP contribution in [0.3, 0.4) is 0 Å². The molecule has 6 nitrogen and oxygen atoms in total. The molecule has 0 saturated carbocycles. The highest BCUT2D eigenvalue weighted by Gasteiger charge is 2.18. The molecule has 0 bridgehead atoms. The zero-order valence-corrected chi connectivity index (χ0v) is 12.0. The van der Waals surface area contributed by atoms with Crippen LogP contribution in [0, 0.1) is 0 Å². The average molecular weight is 279 g/mol. The Morgan fingerprint density at radius 3 is 2.39 bits per heavy atom. The molecule has 0 aromatic carbocycles. The second kappa shape index (κ2) is 7.69. The van der Waals surface area contributed by atoms with Gasteiger partial charge in [0.25, 0.3) is 0 Å². The van der Waals surface area contributed by atoms with E-state index < -0.39 is 7.60 Å². The highest BCUT2D eigenvalue weighted by atomic mass is 31.2. The maximum Gasteiger partial charge on any atom is 0.325 e. The van der Waals surface area contributed by atoms with E-state index >= 15 is 0 Å². The fraction of sp³-hybridized carbons (Fsp3) is 0.727. The molecule has 0 unspecified atom stereocenters. The molecule has 106 valence electrons. The predicted octanol–water partition coefficient (Wildman–Crippen LogP) is 0.323. The first-order valence-electron chi connectivity index (χ1n) is 5.93. The van der Waals surface area contributed by atoms with Crippen molar-refractivity contribution in [3.8, 4) is 0 Å². The van der Waals surface area contributed by atoms with E-state index in [9.17, 15) is 9.36 Å². The smallest absolute Gasteiger partial charge is 0.325 e. The average Bonchev–Trinajstić information content (AvgIpc) is 2.21. The van der Waals surface area contributed by atoms with Gasteiger partial charge >= 0.3 is 7.60 Å². The number of carbonyl (C=O) groups is 1. The lowest BCUT2D eigenvalue weighted by molar-refractivity contribution is -0.890. The third-order valence-corrected chi connectivity index (χ3v) is 3.54. The number of carbonyl (C=O) groups excluding carboxylic acids is 1. The first-order valence-corrected chi connectivity index (χ1v) is 7.73. The molecular weight excluding hydrogens is 255 g/mol. The second-order valence-electron chi connectivity index (χ2n) is 4.97. The van der Waals surface area contributed by atoms with Gasteiger partial charge in [-0.2, -0.15) is 0 Å². The molecule has 0 spiro atoms. The molecule has 0 fully saturated rings. The lowest BCUT2D eigenvalue weighted by atomic mass is 10.3. The van der Waals surface area contributed by atoms with E-state index in [1.54, 1.807) is 0 Å². The van der Waals surface area contributed by atoms with Crippen molar-refractivity contribution in [2.45, 2.75) is 12.8 Å². The molecule has 0 atom stereocenters. The van der Waals surface area contributed by atoms with Crippen molar-refractivity contribution in [3.63, 3.8) is 0 Å². The van der Waals surface area contributed by atoms with Crippen molar-refractivity contribution in [2.24, 2.45) is 0 Å². The number of quaternary nitrogens is 1. The topological polar surface area (TPSA) is 86.6 Å². The Bertz CT molecular complexity index is 325. The monoisotopic (exact) mass is 279 g/mol. The number of amides is 1. The largest absolute Gasteiger partial charge is 0.352 e. The normalized spacial score (nSPS) is 12.2. The molecule has 0 aliphatic heterocycles. The molecule has 0 saturated heterocycles. The highest BCUT2D eigenvalue weighted by Crippen LogP contribution is 2.34. The van der Waals surface area contributed by atoms with Crippen molar-refractivity contribution in [2.75, 3.05) is 39.9 Å². The molecule has 0 aromatic rings. The fourth-order valence-electron chi connectivity index (χ4n) is 1.61. The van der Waals surface area contributed by atoms with E-state index in [4.69, 9.17) is 9.79 Å². The predicted molar refractivity (Wildman–Crippen MR) is 71.2 cm³/mol. The van der Waals surface area contributed by atoms with Crippen LogP contribution in [-0.4, -0.2) is 60.1 Å². The lowest BCUT2D eigenvalue weighted by Gasteiger charge is -2.29. The van der Waals surface area contributed by atoms with Gasteiger partial charge in [-0.3, -0.25) is 9.36 Å². The highest BCUT2D eigenvalue weighted by molar-refractivity contribution is 7.51. The summed E-state index contributed by atoms with van der Waals surface area (Å²) in [6.45, 7) is 5.50. The molecule has 0 radical (unpaired) electrons. The summed E-state index contributed by atoms with van der Waals surface area (Å²) in [7, 11) is 0.139. The quantitative estimate of drug-likeness (QED) is 0.245. The van der Waals surface area contributed by atoms with Crippen LogP contribution in [0.25, 0.3) is 0 Å². The van der Waals surface area contributed by atoms with Gasteiger partial charge in [0.05, 0.1) is 33.3 Å². The van der Waals surface area contributed by atoms with E-state index in [0.717, 1.165) is 13.0 Å². The van der Waals surface area contributed by atoms with E-state index in [0.29, 0.717) is 24.0 Å². The Kier molecular flexibility index (Phi) is 7.40. The lowest BCUT2D eigenvalue weighted by Crippen LogP contribution is -2.42. The Balaban J connectivity index is 3.76. The summed E-state index contributed by atoms with van der Waals surface area (Å²) >= 11 is 0. The minimum atomic E-state index is -3.88. The molecule has 0 aliphatic carbocycles. The molecule has 18 heavy (non-hydrogen) atoms. The molecule has 7 heteroatoms. The first-order chi connectivity index (χ1) is 8.16. The van der Waals surface area contributed by atoms with Gasteiger partial charge in [-0.25, -0.2) is 0 Å². The Morgan fingerprint density at radius 2 is 1.89 bits per heavy atom. The molecule has 1 amide bonds. The van der Waals surface area contributed by atoms with E-state index in [2.05, 4.69) is 11.9 Å². The Hall–Kier alpha value is -0.680. The zero-order chi connectivity index (χ0) is 14.2. The number of nitrogens with one attached hydrogen (secondary N) is 1. The minimum absolute atomic E-state index is 0.0676. The van der Waals surface area contributed by atoms with Crippen LogP contribution in [0.5, 0.6) is 0 Å². The third-order valence-electron chi connectivity index (χ3n) is 2.64. The van der Waals surface area contributed by atoms with Crippen molar-refractivity contribution in [1.29, 1.82) is 0 Å². The summed E-state index contributed by atoms with van der Waals surface area (Å²) in [5.41, 5.74) is 0. The minimum Gasteiger partial charge on any atom is -0.352 e. The number of hydrogen-bond acceptors (Lipinski definition) is 2. The maximum absolute atomic E-state index is 10.9. The summed E-state index contributed by atoms with van der Waals surface area (Å²) < 4.78 is 11.4. The van der Waals surface area contributed by atoms with Crippen LogP contribution in [0.2, 0.25) is 0 Å². The van der Waals surface area contributed by atoms with Gasteiger partial charge < -0.3 is 19.6 Å². The molecule has 0 rings (SSSR count). The summed E-state index contributed by atoms with van der Waals surface area (Å²) in [6, 6.07) is 0. The molecule has 0 heterocycles. The number of rotatable bonds is 9. The van der Waals surface area contributed by atoms with Gasteiger partial charge in [0, 0.05) is 19.4 Å². The van der Waals surface area contributed by atoms with Gasteiger partial charge in [-0.1, -0.05) is 6.58 Å².